The molecule has 2 heterocycles. The van der Waals surface area contributed by atoms with E-state index in [4.69, 9.17) is 0 Å². The largest absolute Gasteiger partial charge is 0.611 e. The smallest absolute Gasteiger partial charge is 0.312 e. The Balaban J connectivity index is 1.88. The quantitative estimate of drug-likeness (QED) is 0.635. The van der Waals surface area contributed by atoms with Crippen LogP contribution in [0.25, 0.3) is 0 Å². The summed E-state index contributed by atoms with van der Waals surface area (Å²) in [6.07, 6.45) is 0.504. The van der Waals surface area contributed by atoms with Crippen LogP contribution in [0.4, 0.5) is 0 Å². The third kappa shape index (κ3) is 3.50. The number of hydrogen-bond acceptors (Lipinski definition) is 3. The molecule has 0 fully saturated rings. The first-order valence-corrected chi connectivity index (χ1v) is 9.65. The molecule has 3 rings (SSSR count). The summed E-state index contributed by atoms with van der Waals surface area (Å²) in [6.45, 7) is 4.55. The number of aliphatic carboxylic acids is 1. The Hall–Kier alpha value is -2.05. The molecule has 0 saturated heterocycles. The van der Waals surface area contributed by atoms with Crippen molar-refractivity contribution in [2.24, 2.45) is 5.92 Å². The van der Waals surface area contributed by atoms with Crippen molar-refractivity contribution in [3.05, 3.63) is 53.3 Å². The summed E-state index contributed by atoms with van der Waals surface area (Å²) in [5.41, 5.74) is 1.65. The van der Waals surface area contributed by atoms with Gasteiger partial charge in [0.2, 0.25) is 5.78 Å². The van der Waals surface area contributed by atoms with Crippen LogP contribution in [0.3, 0.4) is 0 Å². The van der Waals surface area contributed by atoms with Gasteiger partial charge in [0.05, 0.1) is 11.6 Å². The number of benzene rings is 1. The lowest BCUT2D eigenvalue weighted by molar-refractivity contribution is -0.138. The normalized spacial score (nSPS) is 17.5. The SMILES string of the molecule is CC(C)C[S+]([O-])c1cccc(C(=O)c2ccc3n2CCC3C(=O)O)c1. The Kier molecular flexibility index (Phi) is 5.01. The maximum Gasteiger partial charge on any atom is 0.312 e. The van der Waals surface area contributed by atoms with Crippen LogP contribution in [0.5, 0.6) is 0 Å². The highest BCUT2D eigenvalue weighted by molar-refractivity contribution is 7.91. The number of fused-ring (bicyclic) bond motifs is 1. The minimum Gasteiger partial charge on any atom is -0.611 e. The lowest BCUT2D eigenvalue weighted by atomic mass is 10.1. The summed E-state index contributed by atoms with van der Waals surface area (Å²) < 4.78 is 14.1. The molecule has 1 aromatic carbocycles. The third-order valence-electron chi connectivity index (χ3n) is 4.39. The number of hydrogen-bond donors (Lipinski definition) is 1. The number of rotatable bonds is 6. The Labute approximate surface area is 149 Å². The molecule has 25 heavy (non-hydrogen) atoms. The van der Waals surface area contributed by atoms with E-state index in [1.165, 1.54) is 0 Å². The van der Waals surface area contributed by atoms with Gasteiger partial charge in [-0.3, -0.25) is 9.59 Å². The van der Waals surface area contributed by atoms with Crippen molar-refractivity contribution < 1.29 is 19.2 Å². The van der Waals surface area contributed by atoms with Crippen LogP contribution in [0, 0.1) is 5.92 Å². The van der Waals surface area contributed by atoms with Gasteiger partial charge in [0.15, 0.2) is 4.90 Å². The third-order valence-corrected chi connectivity index (χ3v) is 6.14. The molecule has 1 aromatic heterocycles. The predicted molar refractivity (Wildman–Crippen MR) is 95.4 cm³/mol. The Morgan fingerprint density at radius 1 is 1.32 bits per heavy atom. The molecule has 1 aliphatic rings. The van der Waals surface area contributed by atoms with Gasteiger partial charge < -0.3 is 14.2 Å². The van der Waals surface area contributed by atoms with E-state index in [2.05, 4.69) is 0 Å². The number of carbonyl (C=O) groups is 2. The highest BCUT2D eigenvalue weighted by Gasteiger charge is 2.31. The van der Waals surface area contributed by atoms with Gasteiger partial charge in [-0.05, 0) is 41.7 Å². The molecular formula is C19H21NO4S. The van der Waals surface area contributed by atoms with Crippen molar-refractivity contribution in [2.75, 3.05) is 5.75 Å². The average Bonchev–Trinajstić information content (AvgIpc) is 3.15. The van der Waals surface area contributed by atoms with Crippen molar-refractivity contribution in [2.45, 2.75) is 37.6 Å². The van der Waals surface area contributed by atoms with Gasteiger partial charge >= 0.3 is 5.97 Å². The summed E-state index contributed by atoms with van der Waals surface area (Å²) in [5.74, 6) is -0.713. The van der Waals surface area contributed by atoms with E-state index in [0.29, 0.717) is 46.5 Å². The van der Waals surface area contributed by atoms with Gasteiger partial charge in [0.1, 0.15) is 5.75 Å². The molecular weight excluding hydrogens is 338 g/mol. The minimum atomic E-state index is -1.13. The molecule has 0 bridgehead atoms. The average molecular weight is 359 g/mol. The predicted octanol–water partition coefficient (Wildman–Crippen LogP) is 3.05. The zero-order valence-electron chi connectivity index (χ0n) is 14.3. The summed E-state index contributed by atoms with van der Waals surface area (Å²) in [5, 5.41) is 9.26. The molecule has 5 nitrogen and oxygen atoms in total. The molecule has 0 saturated carbocycles. The van der Waals surface area contributed by atoms with E-state index >= 15 is 0 Å². The summed E-state index contributed by atoms with van der Waals surface area (Å²) in [6, 6.07) is 10.3. The lowest BCUT2D eigenvalue weighted by Crippen LogP contribution is -2.14. The van der Waals surface area contributed by atoms with E-state index < -0.39 is 23.1 Å². The van der Waals surface area contributed by atoms with Gasteiger partial charge in [0.25, 0.3) is 0 Å². The van der Waals surface area contributed by atoms with E-state index in [0.717, 1.165) is 0 Å². The van der Waals surface area contributed by atoms with Crippen LogP contribution < -0.4 is 0 Å². The molecule has 2 atom stereocenters. The van der Waals surface area contributed by atoms with E-state index in [1.54, 1.807) is 41.0 Å². The number of ketones is 1. The first-order chi connectivity index (χ1) is 11.9. The van der Waals surface area contributed by atoms with Crippen molar-refractivity contribution in [1.82, 2.24) is 4.57 Å². The van der Waals surface area contributed by atoms with Gasteiger partial charge in [-0.2, -0.15) is 0 Å². The fourth-order valence-corrected chi connectivity index (χ4v) is 4.50. The van der Waals surface area contributed by atoms with Crippen LogP contribution >= 0.6 is 0 Å². The second-order valence-electron chi connectivity index (χ2n) is 6.74. The molecule has 0 aliphatic carbocycles. The van der Waals surface area contributed by atoms with Crippen molar-refractivity contribution >= 4 is 22.9 Å². The van der Waals surface area contributed by atoms with Crippen LogP contribution in [-0.2, 0) is 22.5 Å². The summed E-state index contributed by atoms with van der Waals surface area (Å²) in [7, 11) is 0. The highest BCUT2D eigenvalue weighted by atomic mass is 32.2. The maximum absolute atomic E-state index is 12.9. The lowest BCUT2D eigenvalue weighted by Gasteiger charge is -2.13. The molecule has 132 valence electrons. The first kappa shape index (κ1) is 17.8. The second-order valence-corrected chi connectivity index (χ2v) is 8.23. The fourth-order valence-electron chi connectivity index (χ4n) is 3.22. The van der Waals surface area contributed by atoms with Crippen molar-refractivity contribution in [3.63, 3.8) is 0 Å². The van der Waals surface area contributed by atoms with Gasteiger partial charge in [-0.25, -0.2) is 0 Å². The summed E-state index contributed by atoms with van der Waals surface area (Å²) >= 11 is -1.13. The van der Waals surface area contributed by atoms with Crippen molar-refractivity contribution in [3.8, 4) is 0 Å². The van der Waals surface area contributed by atoms with E-state index in [9.17, 15) is 19.2 Å². The fraction of sp³-hybridized carbons (Fsp3) is 0.368. The number of carboxylic acids is 1. The maximum atomic E-state index is 12.9. The molecule has 0 amide bonds. The van der Waals surface area contributed by atoms with Crippen LogP contribution in [0.2, 0.25) is 0 Å². The number of carboxylic acid groups (broad SMARTS) is 1. The zero-order valence-corrected chi connectivity index (χ0v) is 15.1. The molecule has 0 radical (unpaired) electrons. The Morgan fingerprint density at radius 2 is 2.08 bits per heavy atom. The van der Waals surface area contributed by atoms with Crippen molar-refractivity contribution in [1.29, 1.82) is 0 Å². The first-order valence-electron chi connectivity index (χ1n) is 8.34. The Bertz CT molecular complexity index is 812. The van der Waals surface area contributed by atoms with E-state index in [-0.39, 0.29) is 5.78 Å². The molecule has 1 aliphatic heterocycles. The summed E-state index contributed by atoms with van der Waals surface area (Å²) in [4.78, 5) is 24.8. The second kappa shape index (κ2) is 7.06. The molecule has 2 unspecified atom stereocenters. The number of aromatic nitrogens is 1. The zero-order chi connectivity index (χ0) is 18.1. The Morgan fingerprint density at radius 3 is 2.76 bits per heavy atom. The van der Waals surface area contributed by atoms with Gasteiger partial charge in [-0.1, -0.05) is 26.0 Å². The van der Waals surface area contributed by atoms with Gasteiger partial charge in [0, 0.05) is 23.9 Å². The van der Waals surface area contributed by atoms with Crippen LogP contribution in [-0.4, -0.2) is 31.7 Å². The molecule has 1 N–H and O–H groups in total. The molecule has 2 aromatic rings. The number of carbonyl (C=O) groups excluding carboxylic acids is 1. The minimum absolute atomic E-state index is 0.166. The molecule has 6 heteroatoms. The standard InChI is InChI=1S/C19H21NO4S/c1-12(2)11-25(24)14-5-3-4-13(10-14)18(21)17-7-6-16-15(19(22)23)8-9-20(16)17/h3-7,10,12,15H,8-9,11H2,1-2H3,(H,22,23). The van der Waals surface area contributed by atoms with Crippen LogP contribution in [0.15, 0.2) is 41.3 Å². The monoisotopic (exact) mass is 359 g/mol. The van der Waals surface area contributed by atoms with Gasteiger partial charge in [-0.15, -0.1) is 0 Å². The topological polar surface area (TPSA) is 82.4 Å². The highest BCUT2D eigenvalue weighted by Crippen LogP contribution is 2.31. The number of nitrogens with zero attached hydrogens (tertiary/aromatic N) is 1. The van der Waals surface area contributed by atoms with E-state index in [1.807, 2.05) is 13.8 Å². The molecule has 0 spiro atoms. The van der Waals surface area contributed by atoms with Crippen LogP contribution in [0.1, 0.15) is 47.9 Å².